The molecule has 0 spiro atoms. The molecule has 0 saturated carbocycles. The fraction of sp³-hybridized carbons (Fsp3) is 0.304. The summed E-state index contributed by atoms with van der Waals surface area (Å²) in [6.45, 7) is 9.75. The minimum absolute atomic E-state index is 0.159. The molecule has 140 valence electrons. The van der Waals surface area contributed by atoms with Crippen LogP contribution in [0.1, 0.15) is 45.4 Å². The van der Waals surface area contributed by atoms with E-state index >= 15 is 0 Å². The number of hydrogen-bond donors (Lipinski definition) is 0. The van der Waals surface area contributed by atoms with Crippen LogP contribution in [0.3, 0.4) is 0 Å². The molecule has 0 aliphatic carbocycles. The molecule has 1 atom stereocenters. The molecular formula is C23H26N2O2. The highest BCUT2D eigenvalue weighted by atomic mass is 16.5. The topological polar surface area (TPSA) is 44.1 Å². The zero-order valence-electron chi connectivity index (χ0n) is 16.6. The molecule has 0 fully saturated rings. The number of hydrogen-bond acceptors (Lipinski definition) is 3. The second-order valence-corrected chi connectivity index (χ2v) is 7.07. The Balaban J connectivity index is 1.80. The quantitative estimate of drug-likeness (QED) is 0.654. The van der Waals surface area contributed by atoms with Crippen molar-refractivity contribution in [2.75, 3.05) is 0 Å². The first-order valence-corrected chi connectivity index (χ1v) is 9.24. The maximum absolute atomic E-state index is 12.9. The van der Waals surface area contributed by atoms with Gasteiger partial charge in [-0.25, -0.2) is 4.68 Å². The van der Waals surface area contributed by atoms with Crippen molar-refractivity contribution in [3.05, 3.63) is 82.2 Å². The predicted molar refractivity (Wildman–Crippen MR) is 108 cm³/mol. The van der Waals surface area contributed by atoms with Crippen molar-refractivity contribution in [3.8, 4) is 5.75 Å². The normalized spacial score (nSPS) is 12.0. The number of aryl methyl sites for hydroxylation is 3. The van der Waals surface area contributed by atoms with Gasteiger partial charge in [-0.2, -0.15) is 5.10 Å². The maximum atomic E-state index is 12.9. The first-order valence-electron chi connectivity index (χ1n) is 9.24. The lowest BCUT2D eigenvalue weighted by molar-refractivity contribution is 0.0707. The minimum atomic E-state index is -0.616. The summed E-state index contributed by atoms with van der Waals surface area (Å²) in [4.78, 5) is 12.9. The minimum Gasteiger partial charge on any atom is -0.481 e. The summed E-state index contributed by atoms with van der Waals surface area (Å²) >= 11 is 0. The molecule has 3 aromatic rings. The third-order valence-electron chi connectivity index (χ3n) is 5.01. The molecule has 1 aromatic heterocycles. The van der Waals surface area contributed by atoms with E-state index in [1.165, 1.54) is 15.8 Å². The lowest BCUT2D eigenvalue weighted by atomic mass is 10.0. The summed E-state index contributed by atoms with van der Waals surface area (Å²) in [5, 5.41) is 4.49. The third kappa shape index (κ3) is 4.11. The highest BCUT2D eigenvalue weighted by Crippen LogP contribution is 2.21. The lowest BCUT2D eigenvalue weighted by Gasteiger charge is -2.15. The van der Waals surface area contributed by atoms with Crippen LogP contribution in [0.25, 0.3) is 0 Å². The molecule has 0 aliphatic rings. The van der Waals surface area contributed by atoms with Gasteiger partial charge >= 0.3 is 0 Å². The Morgan fingerprint density at radius 1 is 1.04 bits per heavy atom. The summed E-state index contributed by atoms with van der Waals surface area (Å²) < 4.78 is 7.36. The van der Waals surface area contributed by atoms with Crippen LogP contribution < -0.4 is 4.74 Å². The fourth-order valence-electron chi connectivity index (χ4n) is 3.16. The Hall–Kier alpha value is -2.88. The zero-order chi connectivity index (χ0) is 19.6. The molecule has 0 aliphatic heterocycles. The number of aromatic nitrogens is 2. The van der Waals surface area contributed by atoms with Crippen LogP contribution in [0.2, 0.25) is 0 Å². The molecule has 4 nitrogen and oxygen atoms in total. The van der Waals surface area contributed by atoms with E-state index in [-0.39, 0.29) is 5.91 Å². The van der Waals surface area contributed by atoms with E-state index < -0.39 is 6.10 Å². The second-order valence-electron chi connectivity index (χ2n) is 7.07. The van der Waals surface area contributed by atoms with Gasteiger partial charge in [0.25, 0.3) is 5.91 Å². The second kappa shape index (κ2) is 7.78. The van der Waals surface area contributed by atoms with Gasteiger partial charge in [0.1, 0.15) is 5.75 Å². The van der Waals surface area contributed by atoms with Crippen molar-refractivity contribution in [2.24, 2.45) is 0 Å². The SMILES string of the molecule is Cc1ccc(OC(C)C(=O)n2nc(C)c(Cc3ccccc3)c2C)cc1C. The van der Waals surface area contributed by atoms with Crippen molar-refractivity contribution >= 4 is 5.91 Å². The molecule has 0 N–H and O–H groups in total. The van der Waals surface area contributed by atoms with E-state index in [2.05, 4.69) is 24.2 Å². The molecule has 4 heteroatoms. The van der Waals surface area contributed by atoms with E-state index in [9.17, 15) is 4.79 Å². The Labute approximate surface area is 160 Å². The number of rotatable bonds is 5. The van der Waals surface area contributed by atoms with Gasteiger partial charge in [0.2, 0.25) is 0 Å². The van der Waals surface area contributed by atoms with E-state index in [1.807, 2.05) is 57.2 Å². The van der Waals surface area contributed by atoms with Crippen LogP contribution in [-0.4, -0.2) is 21.8 Å². The van der Waals surface area contributed by atoms with Gasteiger partial charge in [-0.3, -0.25) is 4.79 Å². The van der Waals surface area contributed by atoms with Gasteiger partial charge in [-0.15, -0.1) is 0 Å². The zero-order valence-corrected chi connectivity index (χ0v) is 16.6. The number of ether oxygens (including phenoxy) is 1. The summed E-state index contributed by atoms with van der Waals surface area (Å²) in [6.07, 6.45) is 0.146. The molecule has 0 amide bonds. The molecule has 0 saturated heterocycles. The molecular weight excluding hydrogens is 336 g/mol. The summed E-state index contributed by atoms with van der Waals surface area (Å²) in [6, 6.07) is 16.1. The monoisotopic (exact) mass is 362 g/mol. The Morgan fingerprint density at radius 3 is 2.41 bits per heavy atom. The lowest BCUT2D eigenvalue weighted by Crippen LogP contribution is -2.31. The molecule has 3 rings (SSSR count). The van der Waals surface area contributed by atoms with Gasteiger partial charge in [-0.1, -0.05) is 36.4 Å². The standard InChI is InChI=1S/C23H26N2O2/c1-15-11-12-21(13-16(15)2)27-19(5)23(26)25-18(4)22(17(3)24-25)14-20-9-7-6-8-10-20/h6-13,19H,14H2,1-5H3. The van der Waals surface area contributed by atoms with Crippen molar-refractivity contribution in [3.63, 3.8) is 0 Å². The average molecular weight is 362 g/mol. The van der Waals surface area contributed by atoms with Gasteiger partial charge in [0, 0.05) is 17.7 Å². The van der Waals surface area contributed by atoms with Gasteiger partial charge in [0.05, 0.1) is 5.69 Å². The third-order valence-corrected chi connectivity index (χ3v) is 5.01. The van der Waals surface area contributed by atoms with E-state index in [0.29, 0.717) is 5.75 Å². The first kappa shape index (κ1) is 18.9. The molecule has 27 heavy (non-hydrogen) atoms. The van der Waals surface area contributed by atoms with Crippen LogP contribution >= 0.6 is 0 Å². The molecule has 1 unspecified atom stereocenters. The van der Waals surface area contributed by atoms with E-state index in [1.54, 1.807) is 6.92 Å². The van der Waals surface area contributed by atoms with E-state index in [0.717, 1.165) is 28.9 Å². The Morgan fingerprint density at radius 2 is 1.74 bits per heavy atom. The van der Waals surface area contributed by atoms with Crippen LogP contribution in [0, 0.1) is 27.7 Å². The molecule has 0 radical (unpaired) electrons. The largest absolute Gasteiger partial charge is 0.481 e. The van der Waals surface area contributed by atoms with Crippen molar-refractivity contribution in [1.82, 2.24) is 9.78 Å². The van der Waals surface area contributed by atoms with Gasteiger partial charge < -0.3 is 4.74 Å². The highest BCUT2D eigenvalue weighted by molar-refractivity contribution is 5.83. The molecule has 2 aromatic carbocycles. The van der Waals surface area contributed by atoms with Crippen molar-refractivity contribution in [1.29, 1.82) is 0 Å². The van der Waals surface area contributed by atoms with Crippen LogP contribution in [0.5, 0.6) is 5.75 Å². The molecule has 0 bridgehead atoms. The fourth-order valence-corrected chi connectivity index (χ4v) is 3.16. The summed E-state index contributed by atoms with van der Waals surface area (Å²) in [5.41, 5.74) is 6.39. The maximum Gasteiger partial charge on any atom is 0.287 e. The highest BCUT2D eigenvalue weighted by Gasteiger charge is 2.23. The smallest absolute Gasteiger partial charge is 0.287 e. The van der Waals surface area contributed by atoms with Gasteiger partial charge in [-0.05, 0) is 63.4 Å². The summed E-state index contributed by atoms with van der Waals surface area (Å²) in [5.74, 6) is 0.540. The van der Waals surface area contributed by atoms with Crippen LogP contribution in [0.15, 0.2) is 48.5 Å². The predicted octanol–water partition coefficient (Wildman–Crippen LogP) is 4.82. The number of nitrogens with zero attached hydrogens (tertiary/aromatic N) is 2. The summed E-state index contributed by atoms with van der Waals surface area (Å²) in [7, 11) is 0. The average Bonchev–Trinajstić information content (AvgIpc) is 2.93. The van der Waals surface area contributed by atoms with Crippen LogP contribution in [-0.2, 0) is 6.42 Å². The Bertz CT molecular complexity index is 958. The number of carbonyl (C=O) groups is 1. The van der Waals surface area contributed by atoms with Gasteiger partial charge in [0.15, 0.2) is 6.10 Å². The number of benzene rings is 2. The Kier molecular flexibility index (Phi) is 5.45. The first-order chi connectivity index (χ1) is 12.9. The van der Waals surface area contributed by atoms with E-state index in [4.69, 9.17) is 4.74 Å². The molecule has 1 heterocycles. The number of carbonyl (C=O) groups excluding carboxylic acids is 1. The van der Waals surface area contributed by atoms with Crippen molar-refractivity contribution in [2.45, 2.75) is 47.1 Å². The van der Waals surface area contributed by atoms with Crippen LogP contribution in [0.4, 0.5) is 0 Å². The van der Waals surface area contributed by atoms with Crippen molar-refractivity contribution < 1.29 is 9.53 Å².